The number of fused-ring (bicyclic) bond motifs is 1. The van der Waals surface area contributed by atoms with E-state index in [2.05, 4.69) is 10.3 Å². The highest BCUT2D eigenvalue weighted by Crippen LogP contribution is 2.20. The molecule has 0 aliphatic heterocycles. The van der Waals surface area contributed by atoms with E-state index in [1.807, 2.05) is 55.5 Å². The van der Waals surface area contributed by atoms with Gasteiger partial charge in [0.15, 0.2) is 0 Å². The number of carbonyl (C=O) groups is 1. The normalized spacial score (nSPS) is 12.2. The second-order valence-corrected chi connectivity index (χ2v) is 5.53. The van der Waals surface area contributed by atoms with Crippen molar-refractivity contribution in [2.75, 3.05) is 0 Å². The monoisotopic (exact) mass is 282 g/mol. The van der Waals surface area contributed by atoms with E-state index in [1.54, 1.807) is 16.8 Å². The lowest BCUT2D eigenvalue weighted by Gasteiger charge is -2.14. The lowest BCUT2D eigenvalue weighted by molar-refractivity contribution is 0.0940. The summed E-state index contributed by atoms with van der Waals surface area (Å²) in [6, 6.07) is 15.5. The van der Waals surface area contributed by atoms with Gasteiger partial charge in [-0.3, -0.25) is 4.79 Å². The summed E-state index contributed by atoms with van der Waals surface area (Å²) in [5.74, 6) is -0.0587. The number of benzene rings is 2. The van der Waals surface area contributed by atoms with Gasteiger partial charge in [-0.25, -0.2) is 4.98 Å². The molecule has 0 fully saturated rings. The molecule has 0 saturated heterocycles. The molecular weight excluding hydrogens is 268 g/mol. The predicted octanol–water partition coefficient (Wildman–Crippen LogP) is 3.79. The standard InChI is InChI=1S/C16H14N2OS/c1-11(12-5-3-2-4-6-12)18-16(19)13-7-8-14-15(9-13)20-10-17-14/h2-11H,1H3,(H,18,19)/t11-/m1/s1. The molecule has 0 unspecified atom stereocenters. The van der Waals surface area contributed by atoms with Crippen molar-refractivity contribution < 1.29 is 4.79 Å². The Balaban J connectivity index is 1.78. The highest BCUT2D eigenvalue weighted by Gasteiger charge is 2.12. The number of rotatable bonds is 3. The van der Waals surface area contributed by atoms with Crippen molar-refractivity contribution >= 4 is 27.5 Å². The molecule has 1 aromatic heterocycles. The maximum atomic E-state index is 12.3. The minimum Gasteiger partial charge on any atom is -0.346 e. The first-order chi connectivity index (χ1) is 9.74. The molecule has 100 valence electrons. The summed E-state index contributed by atoms with van der Waals surface area (Å²) in [5.41, 5.74) is 4.49. The molecule has 20 heavy (non-hydrogen) atoms. The number of nitrogens with one attached hydrogen (secondary N) is 1. The van der Waals surface area contributed by atoms with Crippen LogP contribution in [0.5, 0.6) is 0 Å². The summed E-state index contributed by atoms with van der Waals surface area (Å²) in [4.78, 5) is 16.5. The van der Waals surface area contributed by atoms with Gasteiger partial charge in [-0.2, -0.15) is 0 Å². The van der Waals surface area contributed by atoms with E-state index in [9.17, 15) is 4.79 Å². The Bertz CT molecular complexity index is 736. The fourth-order valence-corrected chi connectivity index (χ4v) is 2.82. The van der Waals surface area contributed by atoms with Crippen LogP contribution in [0, 0.1) is 0 Å². The van der Waals surface area contributed by atoms with Crippen molar-refractivity contribution in [3.05, 3.63) is 65.2 Å². The molecule has 2 aromatic carbocycles. The predicted molar refractivity (Wildman–Crippen MR) is 81.9 cm³/mol. The third kappa shape index (κ3) is 2.56. The van der Waals surface area contributed by atoms with Gasteiger partial charge in [-0.15, -0.1) is 11.3 Å². The molecular formula is C16H14N2OS. The maximum absolute atomic E-state index is 12.3. The van der Waals surface area contributed by atoms with E-state index in [4.69, 9.17) is 0 Å². The topological polar surface area (TPSA) is 42.0 Å². The number of thiazole rings is 1. The molecule has 3 rings (SSSR count). The fourth-order valence-electron chi connectivity index (χ4n) is 2.10. The van der Waals surface area contributed by atoms with Gasteiger partial charge in [0.2, 0.25) is 0 Å². The van der Waals surface area contributed by atoms with Crippen LogP contribution < -0.4 is 5.32 Å². The Morgan fingerprint density at radius 2 is 2.00 bits per heavy atom. The summed E-state index contributed by atoms with van der Waals surface area (Å²) < 4.78 is 1.03. The van der Waals surface area contributed by atoms with Crippen LogP contribution in [0.1, 0.15) is 28.9 Å². The number of carbonyl (C=O) groups excluding carboxylic acids is 1. The van der Waals surface area contributed by atoms with Crippen LogP contribution >= 0.6 is 11.3 Å². The van der Waals surface area contributed by atoms with Gasteiger partial charge in [-0.1, -0.05) is 30.3 Å². The molecule has 0 spiro atoms. The molecule has 0 saturated carbocycles. The molecule has 1 amide bonds. The summed E-state index contributed by atoms with van der Waals surface area (Å²) in [6.45, 7) is 1.98. The average Bonchev–Trinajstić information content (AvgIpc) is 2.95. The minimum atomic E-state index is -0.0587. The van der Waals surface area contributed by atoms with Crippen molar-refractivity contribution in [2.45, 2.75) is 13.0 Å². The third-order valence-electron chi connectivity index (χ3n) is 3.24. The van der Waals surface area contributed by atoms with E-state index in [-0.39, 0.29) is 11.9 Å². The maximum Gasteiger partial charge on any atom is 0.251 e. The Labute approximate surface area is 121 Å². The van der Waals surface area contributed by atoms with Crippen LogP contribution in [0.25, 0.3) is 10.2 Å². The molecule has 0 aliphatic carbocycles. The lowest BCUT2D eigenvalue weighted by Crippen LogP contribution is -2.26. The fraction of sp³-hybridized carbons (Fsp3) is 0.125. The highest BCUT2D eigenvalue weighted by molar-refractivity contribution is 7.16. The van der Waals surface area contributed by atoms with E-state index >= 15 is 0 Å². The average molecular weight is 282 g/mol. The van der Waals surface area contributed by atoms with Crippen molar-refractivity contribution in [3.63, 3.8) is 0 Å². The largest absolute Gasteiger partial charge is 0.346 e. The van der Waals surface area contributed by atoms with Crippen LogP contribution in [0.3, 0.4) is 0 Å². The van der Waals surface area contributed by atoms with E-state index in [1.165, 1.54) is 0 Å². The second kappa shape index (κ2) is 5.43. The summed E-state index contributed by atoms with van der Waals surface area (Å²) in [7, 11) is 0. The Morgan fingerprint density at radius 3 is 2.80 bits per heavy atom. The first kappa shape index (κ1) is 12.8. The number of nitrogens with zero attached hydrogens (tertiary/aromatic N) is 1. The Morgan fingerprint density at radius 1 is 1.20 bits per heavy atom. The molecule has 1 N–H and O–H groups in total. The highest BCUT2D eigenvalue weighted by atomic mass is 32.1. The van der Waals surface area contributed by atoms with Crippen LogP contribution in [-0.4, -0.2) is 10.9 Å². The molecule has 3 aromatic rings. The molecule has 3 nitrogen and oxygen atoms in total. The van der Waals surface area contributed by atoms with Gasteiger partial charge in [0.25, 0.3) is 5.91 Å². The molecule has 0 radical (unpaired) electrons. The lowest BCUT2D eigenvalue weighted by atomic mass is 10.1. The van der Waals surface area contributed by atoms with Gasteiger partial charge in [-0.05, 0) is 30.7 Å². The molecule has 0 bridgehead atoms. The molecule has 1 atom stereocenters. The van der Waals surface area contributed by atoms with Crippen LogP contribution in [0.4, 0.5) is 0 Å². The number of hydrogen-bond acceptors (Lipinski definition) is 3. The number of hydrogen-bond donors (Lipinski definition) is 1. The summed E-state index contributed by atoms with van der Waals surface area (Å²) in [5, 5.41) is 3.01. The van der Waals surface area contributed by atoms with Crippen molar-refractivity contribution in [1.29, 1.82) is 0 Å². The number of amides is 1. The minimum absolute atomic E-state index is 0.0131. The van der Waals surface area contributed by atoms with Crippen LogP contribution in [-0.2, 0) is 0 Å². The first-order valence-electron chi connectivity index (χ1n) is 6.43. The van der Waals surface area contributed by atoms with Crippen LogP contribution in [0.2, 0.25) is 0 Å². The summed E-state index contributed by atoms with van der Waals surface area (Å²) >= 11 is 1.54. The van der Waals surface area contributed by atoms with Crippen molar-refractivity contribution in [1.82, 2.24) is 10.3 Å². The van der Waals surface area contributed by atoms with Gasteiger partial charge in [0.1, 0.15) is 0 Å². The SMILES string of the molecule is C[C@@H](NC(=O)c1ccc2ncsc2c1)c1ccccc1. The van der Waals surface area contributed by atoms with Crippen LogP contribution in [0.15, 0.2) is 54.0 Å². The van der Waals surface area contributed by atoms with Crippen molar-refractivity contribution in [2.24, 2.45) is 0 Å². The third-order valence-corrected chi connectivity index (χ3v) is 4.03. The molecule has 1 heterocycles. The van der Waals surface area contributed by atoms with Gasteiger partial charge >= 0.3 is 0 Å². The zero-order chi connectivity index (χ0) is 13.9. The molecule has 4 heteroatoms. The second-order valence-electron chi connectivity index (χ2n) is 4.64. The zero-order valence-electron chi connectivity index (χ0n) is 11.0. The Hall–Kier alpha value is -2.20. The Kier molecular flexibility index (Phi) is 3.48. The van der Waals surface area contributed by atoms with Gasteiger partial charge < -0.3 is 5.32 Å². The van der Waals surface area contributed by atoms with Crippen molar-refractivity contribution in [3.8, 4) is 0 Å². The van der Waals surface area contributed by atoms with Gasteiger partial charge in [0, 0.05) is 5.56 Å². The smallest absolute Gasteiger partial charge is 0.251 e. The van der Waals surface area contributed by atoms with E-state index < -0.39 is 0 Å². The van der Waals surface area contributed by atoms with Gasteiger partial charge in [0.05, 0.1) is 21.8 Å². The van der Waals surface area contributed by atoms with E-state index in [0.29, 0.717) is 5.56 Å². The summed E-state index contributed by atoms with van der Waals surface area (Å²) in [6.07, 6.45) is 0. The first-order valence-corrected chi connectivity index (χ1v) is 7.31. The van der Waals surface area contributed by atoms with E-state index in [0.717, 1.165) is 15.8 Å². The number of aromatic nitrogens is 1. The molecule has 0 aliphatic rings. The quantitative estimate of drug-likeness (QED) is 0.794. The zero-order valence-corrected chi connectivity index (χ0v) is 11.9.